The van der Waals surface area contributed by atoms with Gasteiger partial charge in [-0.1, -0.05) is 11.6 Å². The molecule has 0 radical (unpaired) electrons. The molecule has 1 heterocycles. The number of hydrogen-bond acceptors (Lipinski definition) is 6. The van der Waals surface area contributed by atoms with Crippen molar-refractivity contribution in [1.29, 1.82) is 0 Å². The number of hydrogen-bond donors (Lipinski definition) is 1. The molecular formula is C18H19ClN2O6S2. The normalized spacial score (nSPS) is 15.8. The van der Waals surface area contributed by atoms with Gasteiger partial charge in [0, 0.05) is 25.0 Å². The summed E-state index contributed by atoms with van der Waals surface area (Å²) >= 11 is 6.11. The second kappa shape index (κ2) is 8.41. The summed E-state index contributed by atoms with van der Waals surface area (Å²) in [5.41, 5.74) is 0.341. The second-order valence-electron chi connectivity index (χ2n) is 6.41. The van der Waals surface area contributed by atoms with Gasteiger partial charge in [0.05, 0.1) is 33.6 Å². The molecule has 0 aromatic heterocycles. The minimum absolute atomic E-state index is 0.00630. The fourth-order valence-corrected chi connectivity index (χ4v) is 5.03. The average molecular weight is 459 g/mol. The van der Waals surface area contributed by atoms with Crippen molar-refractivity contribution < 1.29 is 26.4 Å². The number of amides is 1. The molecule has 1 aliphatic rings. The number of anilines is 1. The number of sulfone groups is 1. The number of nitrogens with zero attached hydrogens (tertiary/aromatic N) is 1. The first-order valence-corrected chi connectivity index (χ1v) is 12.3. The van der Waals surface area contributed by atoms with Crippen molar-refractivity contribution in [3.8, 4) is 0 Å². The van der Waals surface area contributed by atoms with E-state index in [-0.39, 0.29) is 33.5 Å². The van der Waals surface area contributed by atoms with Gasteiger partial charge in [0.25, 0.3) is 5.91 Å². The molecule has 0 bridgehead atoms. The van der Waals surface area contributed by atoms with Gasteiger partial charge in [-0.3, -0.25) is 4.79 Å². The molecule has 29 heavy (non-hydrogen) atoms. The Hall–Kier alpha value is -1.98. The molecular weight excluding hydrogens is 440 g/mol. The molecule has 1 aliphatic heterocycles. The highest BCUT2D eigenvalue weighted by molar-refractivity contribution is 7.90. The first kappa shape index (κ1) is 21.7. The van der Waals surface area contributed by atoms with E-state index in [1.165, 1.54) is 46.8 Å². The maximum Gasteiger partial charge on any atom is 0.257 e. The quantitative estimate of drug-likeness (QED) is 0.734. The van der Waals surface area contributed by atoms with Crippen molar-refractivity contribution in [2.45, 2.75) is 9.79 Å². The second-order valence-corrected chi connectivity index (χ2v) is 10.8. The van der Waals surface area contributed by atoms with E-state index >= 15 is 0 Å². The smallest absolute Gasteiger partial charge is 0.257 e. The molecule has 8 nitrogen and oxygen atoms in total. The molecule has 156 valence electrons. The molecule has 3 rings (SSSR count). The number of nitrogens with one attached hydrogen (secondary N) is 1. The van der Waals surface area contributed by atoms with E-state index in [0.717, 1.165) is 6.26 Å². The molecule has 1 N–H and O–H groups in total. The van der Waals surface area contributed by atoms with Crippen LogP contribution in [0.15, 0.2) is 52.3 Å². The molecule has 1 saturated heterocycles. The number of ether oxygens (including phenoxy) is 1. The van der Waals surface area contributed by atoms with Crippen molar-refractivity contribution in [3.63, 3.8) is 0 Å². The van der Waals surface area contributed by atoms with Crippen LogP contribution in [-0.4, -0.2) is 59.6 Å². The molecule has 11 heteroatoms. The number of morpholine rings is 1. The van der Waals surface area contributed by atoms with E-state index in [2.05, 4.69) is 5.32 Å². The van der Waals surface area contributed by atoms with Crippen LogP contribution in [-0.2, 0) is 24.6 Å². The lowest BCUT2D eigenvalue weighted by Gasteiger charge is -2.26. The van der Waals surface area contributed by atoms with E-state index in [9.17, 15) is 21.6 Å². The third-order valence-electron chi connectivity index (χ3n) is 4.33. The maximum atomic E-state index is 12.8. The highest BCUT2D eigenvalue weighted by atomic mass is 35.5. The van der Waals surface area contributed by atoms with Crippen LogP contribution in [0.25, 0.3) is 0 Å². The topological polar surface area (TPSA) is 110 Å². The minimum atomic E-state index is -3.78. The summed E-state index contributed by atoms with van der Waals surface area (Å²) in [7, 11) is -7.14. The zero-order valence-electron chi connectivity index (χ0n) is 15.5. The van der Waals surface area contributed by atoms with Gasteiger partial charge in [0.2, 0.25) is 10.0 Å². The van der Waals surface area contributed by atoms with Crippen LogP contribution in [0.1, 0.15) is 10.4 Å². The number of carbonyl (C=O) groups excluding carboxylic acids is 1. The van der Waals surface area contributed by atoms with E-state index in [1.807, 2.05) is 0 Å². The molecule has 0 unspecified atom stereocenters. The summed E-state index contributed by atoms with van der Waals surface area (Å²) in [5, 5.41) is 2.68. The van der Waals surface area contributed by atoms with Gasteiger partial charge < -0.3 is 10.1 Å². The predicted octanol–water partition coefficient (Wildman–Crippen LogP) is 2.02. The van der Waals surface area contributed by atoms with Crippen molar-refractivity contribution >= 4 is 43.1 Å². The largest absolute Gasteiger partial charge is 0.379 e. The van der Waals surface area contributed by atoms with Gasteiger partial charge in [-0.15, -0.1) is 0 Å². The van der Waals surface area contributed by atoms with Crippen LogP contribution in [0, 0.1) is 0 Å². The number of sulfonamides is 1. The van der Waals surface area contributed by atoms with Gasteiger partial charge in [0.1, 0.15) is 0 Å². The molecule has 0 spiro atoms. The zero-order valence-corrected chi connectivity index (χ0v) is 17.8. The zero-order chi connectivity index (χ0) is 21.2. The third-order valence-corrected chi connectivity index (χ3v) is 7.68. The Kier molecular flexibility index (Phi) is 6.30. The van der Waals surface area contributed by atoms with Crippen LogP contribution in [0.3, 0.4) is 0 Å². The van der Waals surface area contributed by atoms with E-state index in [1.54, 1.807) is 0 Å². The Morgan fingerprint density at radius 2 is 1.59 bits per heavy atom. The predicted molar refractivity (Wildman–Crippen MR) is 109 cm³/mol. The molecule has 1 amide bonds. The first-order valence-electron chi connectivity index (χ1n) is 8.58. The van der Waals surface area contributed by atoms with Crippen LogP contribution < -0.4 is 5.32 Å². The SMILES string of the molecule is CS(=O)(=O)c1ccc(NC(=O)c2cc(S(=O)(=O)N3CCOCC3)ccc2Cl)cc1. The Bertz CT molecular complexity index is 1130. The molecule has 1 fully saturated rings. The van der Waals surface area contributed by atoms with Crippen molar-refractivity contribution in [1.82, 2.24) is 4.31 Å². The van der Waals surface area contributed by atoms with Crippen molar-refractivity contribution in [3.05, 3.63) is 53.1 Å². The number of halogens is 1. The van der Waals surface area contributed by atoms with Gasteiger partial charge >= 0.3 is 0 Å². The Morgan fingerprint density at radius 1 is 1.00 bits per heavy atom. The summed E-state index contributed by atoms with van der Waals surface area (Å²) in [5.74, 6) is -0.610. The maximum absolute atomic E-state index is 12.8. The molecule has 0 saturated carbocycles. The van der Waals surface area contributed by atoms with Gasteiger partial charge in [-0.2, -0.15) is 4.31 Å². The standard InChI is InChI=1S/C18H19ClN2O6S2/c1-28(23,24)14-4-2-13(3-5-14)20-18(22)16-12-15(6-7-17(16)19)29(25,26)21-8-10-27-11-9-21/h2-7,12H,8-11H2,1H3,(H,20,22). The first-order chi connectivity index (χ1) is 13.6. The van der Waals surface area contributed by atoms with E-state index in [4.69, 9.17) is 16.3 Å². The highest BCUT2D eigenvalue weighted by Gasteiger charge is 2.27. The number of carbonyl (C=O) groups is 1. The molecule has 0 aliphatic carbocycles. The fraction of sp³-hybridized carbons (Fsp3) is 0.278. The number of rotatable bonds is 5. The summed E-state index contributed by atoms with van der Waals surface area (Å²) in [6.45, 7) is 1.09. The van der Waals surface area contributed by atoms with Crippen LogP contribution in [0.5, 0.6) is 0 Å². The minimum Gasteiger partial charge on any atom is -0.379 e. The van der Waals surface area contributed by atoms with Gasteiger partial charge in [0.15, 0.2) is 9.84 Å². The van der Waals surface area contributed by atoms with Crippen LogP contribution in [0.4, 0.5) is 5.69 Å². The third kappa shape index (κ3) is 4.96. The Morgan fingerprint density at radius 3 is 2.17 bits per heavy atom. The Labute approximate surface area is 174 Å². The van der Waals surface area contributed by atoms with E-state index < -0.39 is 25.8 Å². The fourth-order valence-electron chi connectivity index (χ4n) is 2.76. The lowest BCUT2D eigenvalue weighted by atomic mass is 10.2. The average Bonchev–Trinajstić information content (AvgIpc) is 2.68. The van der Waals surface area contributed by atoms with Crippen molar-refractivity contribution in [2.24, 2.45) is 0 Å². The molecule has 2 aromatic carbocycles. The lowest BCUT2D eigenvalue weighted by molar-refractivity contribution is 0.0730. The van der Waals surface area contributed by atoms with Crippen LogP contribution in [0.2, 0.25) is 5.02 Å². The molecule has 2 aromatic rings. The lowest BCUT2D eigenvalue weighted by Crippen LogP contribution is -2.40. The van der Waals surface area contributed by atoms with Gasteiger partial charge in [-0.05, 0) is 42.5 Å². The summed E-state index contributed by atoms with van der Waals surface area (Å²) in [4.78, 5) is 12.7. The summed E-state index contributed by atoms with van der Waals surface area (Å²) < 4.78 is 55.1. The van der Waals surface area contributed by atoms with Crippen LogP contribution >= 0.6 is 11.6 Å². The highest BCUT2D eigenvalue weighted by Crippen LogP contribution is 2.25. The Balaban J connectivity index is 1.85. The van der Waals surface area contributed by atoms with E-state index in [0.29, 0.717) is 18.9 Å². The summed E-state index contributed by atoms with van der Waals surface area (Å²) in [6, 6.07) is 9.56. The molecule has 0 atom stereocenters. The summed E-state index contributed by atoms with van der Waals surface area (Å²) in [6.07, 6.45) is 1.08. The monoisotopic (exact) mass is 458 g/mol. The van der Waals surface area contributed by atoms with Gasteiger partial charge in [-0.25, -0.2) is 16.8 Å². The number of benzene rings is 2. The van der Waals surface area contributed by atoms with Crippen molar-refractivity contribution in [2.75, 3.05) is 37.9 Å².